The fourth-order valence-electron chi connectivity index (χ4n) is 3.36. The molecule has 1 aliphatic heterocycles. The maximum absolute atomic E-state index is 12.7. The summed E-state index contributed by atoms with van der Waals surface area (Å²) in [4.78, 5) is 18.9. The largest absolute Gasteiger partial charge is 0.489 e. The number of aromatic nitrogens is 2. The lowest BCUT2D eigenvalue weighted by atomic mass is 10.1. The molecular weight excluding hydrogens is 354 g/mol. The molecule has 1 atom stereocenters. The Kier molecular flexibility index (Phi) is 5.10. The fourth-order valence-corrected chi connectivity index (χ4v) is 3.36. The quantitative estimate of drug-likeness (QED) is 0.674. The van der Waals surface area contributed by atoms with E-state index in [4.69, 9.17) is 9.26 Å². The van der Waals surface area contributed by atoms with Crippen LogP contribution in [0.25, 0.3) is 11.4 Å². The average molecular weight is 377 g/mol. The molecule has 1 unspecified atom stereocenters. The molecule has 144 valence electrons. The van der Waals surface area contributed by atoms with Gasteiger partial charge in [0.15, 0.2) is 0 Å². The van der Waals surface area contributed by atoms with E-state index >= 15 is 0 Å². The molecule has 4 rings (SSSR count). The zero-order valence-electron chi connectivity index (χ0n) is 16.1. The van der Waals surface area contributed by atoms with Crippen LogP contribution in [0.4, 0.5) is 0 Å². The van der Waals surface area contributed by atoms with Crippen molar-refractivity contribution in [2.45, 2.75) is 32.8 Å². The van der Waals surface area contributed by atoms with Gasteiger partial charge in [-0.15, -0.1) is 0 Å². The summed E-state index contributed by atoms with van der Waals surface area (Å²) in [7, 11) is 0. The van der Waals surface area contributed by atoms with Crippen molar-refractivity contribution in [3.05, 3.63) is 65.5 Å². The first-order valence-corrected chi connectivity index (χ1v) is 9.58. The van der Waals surface area contributed by atoms with E-state index in [1.165, 1.54) is 0 Å². The van der Waals surface area contributed by atoms with Gasteiger partial charge in [-0.25, -0.2) is 0 Å². The van der Waals surface area contributed by atoms with Crippen molar-refractivity contribution >= 4 is 5.91 Å². The molecule has 1 saturated heterocycles. The number of ether oxygens (including phenoxy) is 1. The SMILES string of the molecule is CCc1nc(-c2ccc(OC3CCN(C(=O)c4cccc(C)c4)C3)cc2)no1. The van der Waals surface area contributed by atoms with E-state index in [0.29, 0.717) is 31.2 Å². The maximum atomic E-state index is 12.7. The van der Waals surface area contributed by atoms with Gasteiger partial charge in [-0.3, -0.25) is 4.79 Å². The van der Waals surface area contributed by atoms with Crippen molar-refractivity contribution in [2.75, 3.05) is 13.1 Å². The molecule has 28 heavy (non-hydrogen) atoms. The van der Waals surface area contributed by atoms with E-state index in [1.807, 2.05) is 67.3 Å². The van der Waals surface area contributed by atoms with Crippen LogP contribution < -0.4 is 4.74 Å². The molecule has 0 N–H and O–H groups in total. The second kappa shape index (κ2) is 7.84. The number of benzene rings is 2. The first kappa shape index (κ1) is 18.2. The summed E-state index contributed by atoms with van der Waals surface area (Å²) < 4.78 is 11.2. The van der Waals surface area contributed by atoms with Gasteiger partial charge in [-0.05, 0) is 43.3 Å². The Balaban J connectivity index is 1.37. The van der Waals surface area contributed by atoms with Gasteiger partial charge in [0, 0.05) is 30.5 Å². The zero-order chi connectivity index (χ0) is 19.5. The monoisotopic (exact) mass is 377 g/mol. The summed E-state index contributed by atoms with van der Waals surface area (Å²) in [5, 5.41) is 3.98. The Labute approximate surface area is 164 Å². The van der Waals surface area contributed by atoms with Crippen LogP contribution in [0.1, 0.15) is 35.2 Å². The Hall–Kier alpha value is -3.15. The topological polar surface area (TPSA) is 68.5 Å². The van der Waals surface area contributed by atoms with Gasteiger partial charge in [0.05, 0.1) is 6.54 Å². The van der Waals surface area contributed by atoms with Gasteiger partial charge < -0.3 is 14.2 Å². The molecule has 1 fully saturated rings. The van der Waals surface area contributed by atoms with Crippen LogP contribution in [0.2, 0.25) is 0 Å². The van der Waals surface area contributed by atoms with Crippen LogP contribution in [0, 0.1) is 6.92 Å². The molecular formula is C22H23N3O3. The third-order valence-corrected chi connectivity index (χ3v) is 4.88. The van der Waals surface area contributed by atoms with Gasteiger partial charge in [0.1, 0.15) is 11.9 Å². The van der Waals surface area contributed by atoms with Gasteiger partial charge >= 0.3 is 0 Å². The number of hydrogen-bond acceptors (Lipinski definition) is 5. The molecule has 1 aliphatic rings. The summed E-state index contributed by atoms with van der Waals surface area (Å²) in [6.07, 6.45) is 1.54. The third kappa shape index (κ3) is 3.91. The lowest BCUT2D eigenvalue weighted by molar-refractivity contribution is 0.0772. The second-order valence-corrected chi connectivity index (χ2v) is 7.04. The fraction of sp³-hybridized carbons (Fsp3) is 0.318. The average Bonchev–Trinajstić information content (AvgIpc) is 3.38. The van der Waals surface area contributed by atoms with Crippen LogP contribution in [-0.4, -0.2) is 40.1 Å². The van der Waals surface area contributed by atoms with Gasteiger partial charge in [-0.1, -0.05) is 29.8 Å². The second-order valence-electron chi connectivity index (χ2n) is 7.04. The molecule has 0 saturated carbocycles. The lowest BCUT2D eigenvalue weighted by Gasteiger charge is -2.17. The number of hydrogen-bond donors (Lipinski definition) is 0. The zero-order valence-corrected chi connectivity index (χ0v) is 16.1. The van der Waals surface area contributed by atoms with Crippen LogP contribution in [-0.2, 0) is 6.42 Å². The first-order valence-electron chi connectivity index (χ1n) is 9.58. The summed E-state index contributed by atoms with van der Waals surface area (Å²) in [6, 6.07) is 15.4. The normalized spacial score (nSPS) is 16.4. The highest BCUT2D eigenvalue weighted by molar-refractivity contribution is 5.94. The molecule has 0 spiro atoms. The third-order valence-electron chi connectivity index (χ3n) is 4.88. The van der Waals surface area contributed by atoms with Crippen molar-refractivity contribution in [1.29, 1.82) is 0 Å². The van der Waals surface area contributed by atoms with E-state index in [0.717, 1.165) is 28.9 Å². The Morgan fingerprint density at radius 3 is 2.79 bits per heavy atom. The molecule has 1 amide bonds. The molecule has 3 aromatic rings. The van der Waals surface area contributed by atoms with Gasteiger partial charge in [-0.2, -0.15) is 4.98 Å². The summed E-state index contributed by atoms with van der Waals surface area (Å²) in [5.41, 5.74) is 2.71. The van der Waals surface area contributed by atoms with E-state index in [-0.39, 0.29) is 12.0 Å². The Morgan fingerprint density at radius 1 is 1.25 bits per heavy atom. The molecule has 6 heteroatoms. The highest BCUT2D eigenvalue weighted by atomic mass is 16.5. The number of nitrogens with zero attached hydrogens (tertiary/aromatic N) is 3. The summed E-state index contributed by atoms with van der Waals surface area (Å²) in [6.45, 7) is 5.27. The van der Waals surface area contributed by atoms with Gasteiger partial charge in [0.2, 0.25) is 11.7 Å². The minimum Gasteiger partial charge on any atom is -0.489 e. The smallest absolute Gasteiger partial charge is 0.253 e. The Bertz CT molecular complexity index is 965. The minimum atomic E-state index is -0.00326. The molecule has 0 aliphatic carbocycles. The molecule has 6 nitrogen and oxygen atoms in total. The van der Waals surface area contributed by atoms with Crippen molar-refractivity contribution in [3.8, 4) is 17.1 Å². The summed E-state index contributed by atoms with van der Waals surface area (Å²) in [5.74, 6) is 2.05. The molecule has 0 radical (unpaired) electrons. The van der Waals surface area contributed by atoms with Gasteiger partial charge in [0.25, 0.3) is 5.91 Å². The highest BCUT2D eigenvalue weighted by Gasteiger charge is 2.28. The lowest BCUT2D eigenvalue weighted by Crippen LogP contribution is -2.30. The molecule has 2 heterocycles. The number of carbonyl (C=O) groups is 1. The molecule has 0 bridgehead atoms. The predicted molar refractivity (Wildman–Crippen MR) is 105 cm³/mol. The van der Waals surface area contributed by atoms with Crippen LogP contribution in [0.15, 0.2) is 53.1 Å². The number of aryl methyl sites for hydroxylation is 2. The van der Waals surface area contributed by atoms with Crippen molar-refractivity contribution in [1.82, 2.24) is 15.0 Å². The minimum absolute atomic E-state index is 0.00326. The van der Waals surface area contributed by atoms with E-state index in [9.17, 15) is 4.79 Å². The Morgan fingerprint density at radius 2 is 2.07 bits per heavy atom. The highest BCUT2D eigenvalue weighted by Crippen LogP contribution is 2.23. The van der Waals surface area contributed by atoms with Crippen molar-refractivity contribution < 1.29 is 14.1 Å². The number of carbonyl (C=O) groups excluding carboxylic acids is 1. The van der Waals surface area contributed by atoms with E-state index in [1.54, 1.807) is 0 Å². The molecule has 1 aromatic heterocycles. The standard InChI is InChI=1S/C22H23N3O3/c1-3-20-23-21(24-28-20)16-7-9-18(10-8-16)27-19-11-12-25(14-19)22(26)17-6-4-5-15(2)13-17/h4-10,13,19H,3,11-12,14H2,1-2H3. The van der Waals surface area contributed by atoms with Crippen molar-refractivity contribution in [3.63, 3.8) is 0 Å². The predicted octanol–water partition coefficient (Wildman–Crippen LogP) is 3.90. The number of amides is 1. The summed E-state index contributed by atoms with van der Waals surface area (Å²) >= 11 is 0. The van der Waals surface area contributed by atoms with E-state index in [2.05, 4.69) is 10.1 Å². The molecule has 2 aromatic carbocycles. The van der Waals surface area contributed by atoms with Crippen LogP contribution in [0.5, 0.6) is 5.75 Å². The number of rotatable bonds is 5. The maximum Gasteiger partial charge on any atom is 0.253 e. The number of likely N-dealkylation sites (tertiary alicyclic amines) is 1. The van der Waals surface area contributed by atoms with Crippen LogP contribution in [0.3, 0.4) is 0 Å². The van der Waals surface area contributed by atoms with E-state index < -0.39 is 0 Å². The first-order chi connectivity index (χ1) is 13.6. The van der Waals surface area contributed by atoms with Crippen molar-refractivity contribution in [2.24, 2.45) is 0 Å². The van der Waals surface area contributed by atoms with Crippen LogP contribution >= 0.6 is 0 Å².